The van der Waals surface area contributed by atoms with Crippen molar-refractivity contribution in [2.24, 2.45) is 0 Å². The summed E-state index contributed by atoms with van der Waals surface area (Å²) in [6, 6.07) is 0. The molecule has 0 aromatic carbocycles. The summed E-state index contributed by atoms with van der Waals surface area (Å²) in [5.74, 6) is 0. The minimum Gasteiger partial charge on any atom is 0 e. The molecular formula is H9BO4PbSiZn. The molecule has 8 heteroatoms. The number of hydrogen-bond acceptors (Lipinski definition) is 4. The van der Waals surface area contributed by atoms with E-state index < -0.39 is 9.05 Å². The third kappa shape index (κ3) is 123. The molecule has 8 heavy (non-hydrogen) atoms. The van der Waals surface area contributed by atoms with Crippen molar-refractivity contribution in [1.29, 1.82) is 0 Å². The van der Waals surface area contributed by atoms with Crippen LogP contribution < -0.4 is 0 Å². The minimum atomic E-state index is -4.61. The predicted octanol–water partition coefficient (Wildman–Crippen LogP) is -4.71. The Morgan fingerprint density at radius 2 is 0.875 bits per heavy atom. The summed E-state index contributed by atoms with van der Waals surface area (Å²) >= 11 is 0. The van der Waals surface area contributed by atoms with Gasteiger partial charge in [-0.3, -0.25) is 0 Å². The summed E-state index contributed by atoms with van der Waals surface area (Å²) in [5, 5.41) is 0. The minimum absolute atomic E-state index is 0. The Morgan fingerprint density at radius 3 is 0.875 bits per heavy atom. The van der Waals surface area contributed by atoms with Crippen LogP contribution in [0.25, 0.3) is 0 Å². The fourth-order valence-corrected chi connectivity index (χ4v) is 0. The molecule has 0 amide bonds. The second kappa shape index (κ2) is 8.67. The first-order chi connectivity index (χ1) is 2.00. The molecule has 0 aliphatic carbocycles. The summed E-state index contributed by atoms with van der Waals surface area (Å²) in [6.07, 6.45) is 0. The second-order valence-electron chi connectivity index (χ2n) is 0.600. The van der Waals surface area contributed by atoms with Gasteiger partial charge in [0.15, 0.2) is 0 Å². The summed E-state index contributed by atoms with van der Waals surface area (Å²) in [6.45, 7) is 0. The summed E-state index contributed by atoms with van der Waals surface area (Å²) < 4.78 is 0. The first kappa shape index (κ1) is 22.6. The van der Waals surface area contributed by atoms with Crippen LogP contribution in [-0.4, -0.2) is 63.9 Å². The van der Waals surface area contributed by atoms with Crippen LogP contribution in [0.3, 0.4) is 0 Å². The molecule has 0 fully saturated rings. The Hall–Kier alpha value is 1.67. The maximum atomic E-state index is 7.33. The Balaban J connectivity index is -0.0000000267. The molecule has 0 aromatic rings. The van der Waals surface area contributed by atoms with Gasteiger partial charge in [-0.15, -0.1) is 0 Å². The van der Waals surface area contributed by atoms with Gasteiger partial charge in [0.25, 0.3) is 0 Å². The average Bonchev–Trinajstić information content (AvgIpc) is 0.722. The van der Waals surface area contributed by atoms with Gasteiger partial charge >= 0.3 is 36.3 Å². The van der Waals surface area contributed by atoms with Gasteiger partial charge in [0, 0.05) is 19.5 Å². The monoisotopic (exact) mass is 384 g/mol. The fraction of sp³-hybridized carbons (Fsp3) is 0. The zero-order valence-electron chi connectivity index (χ0n) is 3.70. The standard InChI is InChI=1S/BH3.H4O4Si.Pb.Zn.2H/c;1-5(2,3)4;;;;/h1H3;1-4H;;;;. The van der Waals surface area contributed by atoms with Crippen molar-refractivity contribution in [2.45, 2.75) is 0 Å². The van der Waals surface area contributed by atoms with E-state index >= 15 is 0 Å². The first-order valence-electron chi connectivity index (χ1n) is 0.894. The van der Waals surface area contributed by atoms with Crippen molar-refractivity contribution in [3.05, 3.63) is 0 Å². The van der Waals surface area contributed by atoms with Crippen LogP contribution in [0.15, 0.2) is 0 Å². The SMILES string of the molecule is B.O[Si](O)(O)O.[PbH2].[Zn]. The van der Waals surface area contributed by atoms with Gasteiger partial charge in [-0.1, -0.05) is 0 Å². The molecule has 4 N–H and O–H groups in total. The van der Waals surface area contributed by atoms with Gasteiger partial charge in [-0.05, 0) is 0 Å². The van der Waals surface area contributed by atoms with Crippen LogP contribution in [0, 0.1) is 0 Å². The third-order valence-electron chi connectivity index (χ3n) is 0. The molecule has 0 atom stereocenters. The molecule has 0 heterocycles. The van der Waals surface area contributed by atoms with Crippen molar-refractivity contribution in [2.75, 3.05) is 0 Å². The maximum absolute atomic E-state index is 7.33. The van der Waals surface area contributed by atoms with E-state index in [1.54, 1.807) is 0 Å². The Kier molecular flexibility index (Phi) is 24.5. The van der Waals surface area contributed by atoms with E-state index in [1.807, 2.05) is 0 Å². The van der Waals surface area contributed by atoms with E-state index in [1.165, 1.54) is 0 Å². The summed E-state index contributed by atoms with van der Waals surface area (Å²) in [7, 11) is -4.61. The van der Waals surface area contributed by atoms with Crippen molar-refractivity contribution in [1.82, 2.24) is 0 Å². The van der Waals surface area contributed by atoms with Gasteiger partial charge in [-0.25, -0.2) is 0 Å². The Labute approximate surface area is 82.9 Å². The van der Waals surface area contributed by atoms with E-state index in [0.29, 0.717) is 0 Å². The normalized spacial score (nSPS) is 7.50. The van der Waals surface area contributed by atoms with E-state index in [4.69, 9.17) is 19.2 Å². The van der Waals surface area contributed by atoms with Gasteiger partial charge in [-0.2, -0.15) is 0 Å². The van der Waals surface area contributed by atoms with Crippen molar-refractivity contribution in [3.63, 3.8) is 0 Å². The van der Waals surface area contributed by atoms with Crippen molar-refractivity contribution >= 4 is 44.8 Å². The van der Waals surface area contributed by atoms with Gasteiger partial charge in [0.1, 0.15) is 0 Å². The quantitative estimate of drug-likeness (QED) is 0.317. The molecule has 0 saturated heterocycles. The molecule has 0 rings (SSSR count). The fourth-order valence-electron chi connectivity index (χ4n) is 0. The maximum Gasteiger partial charge on any atom is 0 e. The van der Waals surface area contributed by atoms with Gasteiger partial charge in [0.2, 0.25) is 0 Å². The molecular weight excluding hydrogens is 375 g/mol. The number of hydrogen-bond donors (Lipinski definition) is 4. The van der Waals surface area contributed by atoms with Crippen LogP contribution >= 0.6 is 0 Å². The Bertz CT molecular complexity index is 31.5. The van der Waals surface area contributed by atoms with Crippen LogP contribution in [0.2, 0.25) is 0 Å². The second-order valence-corrected chi connectivity index (χ2v) is 1.80. The summed E-state index contributed by atoms with van der Waals surface area (Å²) in [5.41, 5.74) is 0. The first-order valence-corrected chi connectivity index (χ1v) is 2.68. The molecule has 46 valence electrons. The van der Waals surface area contributed by atoms with E-state index in [2.05, 4.69) is 0 Å². The van der Waals surface area contributed by atoms with Crippen LogP contribution in [0.4, 0.5) is 0 Å². The summed E-state index contributed by atoms with van der Waals surface area (Å²) in [4.78, 5) is 29.3. The smallest absolute Gasteiger partial charge is 0 e. The molecule has 2 radical (unpaired) electrons. The van der Waals surface area contributed by atoms with Gasteiger partial charge < -0.3 is 19.2 Å². The molecule has 0 aromatic heterocycles. The van der Waals surface area contributed by atoms with Crippen LogP contribution in [0.5, 0.6) is 0 Å². The molecule has 0 aliphatic rings. The largest absolute Gasteiger partial charge is 0 e. The van der Waals surface area contributed by atoms with Gasteiger partial charge in [0.05, 0.1) is 8.41 Å². The third-order valence-corrected chi connectivity index (χ3v) is 0. The number of rotatable bonds is 0. The van der Waals surface area contributed by atoms with Crippen molar-refractivity contribution in [3.8, 4) is 0 Å². The van der Waals surface area contributed by atoms with E-state index in [-0.39, 0.29) is 55.2 Å². The van der Waals surface area contributed by atoms with E-state index in [0.717, 1.165) is 0 Å². The molecule has 0 aliphatic heterocycles. The predicted molar refractivity (Wildman–Crippen MR) is 33.1 cm³/mol. The Morgan fingerprint density at radius 1 is 0.875 bits per heavy atom. The average molecular weight is 385 g/mol. The molecule has 4 nitrogen and oxygen atoms in total. The molecule has 0 spiro atoms. The zero-order valence-corrected chi connectivity index (χ0v) is 13.2. The van der Waals surface area contributed by atoms with Crippen molar-refractivity contribution < 1.29 is 38.7 Å². The molecule has 0 bridgehead atoms. The topological polar surface area (TPSA) is 80.9 Å². The molecule has 0 saturated carbocycles. The van der Waals surface area contributed by atoms with E-state index in [9.17, 15) is 0 Å². The van der Waals surface area contributed by atoms with Crippen LogP contribution in [-0.2, 0) is 19.5 Å². The zero-order chi connectivity index (χ0) is 4.50. The molecule has 0 unspecified atom stereocenters. The van der Waals surface area contributed by atoms with Crippen LogP contribution in [0.1, 0.15) is 0 Å².